The third-order valence-electron chi connectivity index (χ3n) is 5.00. The second kappa shape index (κ2) is 4.82. The molecule has 2 saturated carbocycles. The SMILES string of the molecule is CCOC1CC(Nc2cc(C)cc(C)c2)C12CCC2. The number of rotatable bonds is 4. The highest BCUT2D eigenvalue weighted by Gasteiger charge is 2.58. The standard InChI is InChI=1S/C17H25NO/c1-4-19-16-11-15(17(16)6-5-7-17)18-14-9-12(2)8-13(3)10-14/h8-10,15-16,18H,4-7,11H2,1-3H3. The smallest absolute Gasteiger partial charge is 0.0670 e. The van der Waals surface area contributed by atoms with Crippen molar-refractivity contribution in [2.75, 3.05) is 11.9 Å². The molecule has 2 fully saturated rings. The number of hydrogen-bond acceptors (Lipinski definition) is 2. The Morgan fingerprint density at radius 2 is 1.89 bits per heavy atom. The summed E-state index contributed by atoms with van der Waals surface area (Å²) in [6.07, 6.45) is 5.70. The van der Waals surface area contributed by atoms with Gasteiger partial charge in [0.05, 0.1) is 6.10 Å². The van der Waals surface area contributed by atoms with E-state index in [0.717, 1.165) is 6.61 Å². The zero-order chi connectivity index (χ0) is 13.5. The molecule has 0 heterocycles. The Bertz CT molecular complexity index is 444. The first-order chi connectivity index (χ1) is 9.14. The lowest BCUT2D eigenvalue weighted by molar-refractivity contribution is -0.157. The summed E-state index contributed by atoms with van der Waals surface area (Å²) in [7, 11) is 0. The van der Waals surface area contributed by atoms with Crippen LogP contribution in [0.3, 0.4) is 0 Å². The minimum atomic E-state index is 0.438. The van der Waals surface area contributed by atoms with Gasteiger partial charge in [-0.1, -0.05) is 12.5 Å². The van der Waals surface area contributed by atoms with Crippen LogP contribution in [-0.2, 0) is 4.74 Å². The van der Waals surface area contributed by atoms with Crippen LogP contribution in [0.2, 0.25) is 0 Å². The first-order valence-electron chi connectivity index (χ1n) is 7.60. The topological polar surface area (TPSA) is 21.3 Å². The first-order valence-corrected chi connectivity index (χ1v) is 7.60. The van der Waals surface area contributed by atoms with Gasteiger partial charge in [-0.25, -0.2) is 0 Å². The summed E-state index contributed by atoms with van der Waals surface area (Å²) in [6, 6.07) is 7.36. The number of ether oxygens (including phenoxy) is 1. The maximum atomic E-state index is 5.91. The Morgan fingerprint density at radius 3 is 2.42 bits per heavy atom. The van der Waals surface area contributed by atoms with E-state index in [0.29, 0.717) is 17.6 Å². The zero-order valence-corrected chi connectivity index (χ0v) is 12.3. The summed E-state index contributed by atoms with van der Waals surface area (Å²) < 4.78 is 5.91. The molecule has 1 aromatic carbocycles. The molecule has 0 bridgehead atoms. The van der Waals surface area contributed by atoms with Crippen molar-refractivity contribution in [2.24, 2.45) is 5.41 Å². The summed E-state index contributed by atoms with van der Waals surface area (Å²) in [5.41, 5.74) is 4.40. The van der Waals surface area contributed by atoms with E-state index in [1.165, 1.54) is 42.5 Å². The van der Waals surface area contributed by atoms with Gasteiger partial charge < -0.3 is 10.1 Å². The molecule has 1 spiro atoms. The van der Waals surface area contributed by atoms with Crippen LogP contribution < -0.4 is 5.32 Å². The van der Waals surface area contributed by atoms with Crippen molar-refractivity contribution in [2.45, 2.75) is 58.6 Å². The molecule has 1 N–H and O–H groups in total. The monoisotopic (exact) mass is 259 g/mol. The lowest BCUT2D eigenvalue weighted by Crippen LogP contribution is -2.64. The molecule has 104 valence electrons. The number of hydrogen-bond donors (Lipinski definition) is 1. The van der Waals surface area contributed by atoms with Crippen LogP contribution in [0.5, 0.6) is 0 Å². The van der Waals surface area contributed by atoms with Crippen LogP contribution in [-0.4, -0.2) is 18.8 Å². The summed E-state index contributed by atoms with van der Waals surface area (Å²) in [5.74, 6) is 0. The highest BCUT2D eigenvalue weighted by atomic mass is 16.5. The van der Waals surface area contributed by atoms with Crippen molar-refractivity contribution in [3.05, 3.63) is 29.3 Å². The van der Waals surface area contributed by atoms with Gasteiger partial charge in [0.1, 0.15) is 0 Å². The molecule has 0 radical (unpaired) electrons. The van der Waals surface area contributed by atoms with Crippen LogP contribution in [0.4, 0.5) is 5.69 Å². The van der Waals surface area contributed by atoms with E-state index in [1.807, 2.05) is 0 Å². The molecule has 2 aliphatic carbocycles. The van der Waals surface area contributed by atoms with Crippen molar-refractivity contribution >= 4 is 5.69 Å². The van der Waals surface area contributed by atoms with E-state index in [2.05, 4.69) is 44.3 Å². The summed E-state index contributed by atoms with van der Waals surface area (Å²) in [5, 5.41) is 3.76. The fourth-order valence-electron chi connectivity index (χ4n) is 3.90. The normalized spacial score (nSPS) is 27.7. The highest BCUT2D eigenvalue weighted by Crippen LogP contribution is 2.58. The second-order valence-corrected chi connectivity index (χ2v) is 6.34. The Balaban J connectivity index is 1.71. The lowest BCUT2D eigenvalue weighted by Gasteiger charge is -2.61. The van der Waals surface area contributed by atoms with Crippen molar-refractivity contribution in [1.82, 2.24) is 0 Å². The third-order valence-corrected chi connectivity index (χ3v) is 5.00. The predicted molar refractivity (Wildman–Crippen MR) is 79.6 cm³/mol. The van der Waals surface area contributed by atoms with Crippen molar-refractivity contribution in [3.63, 3.8) is 0 Å². The Morgan fingerprint density at radius 1 is 1.21 bits per heavy atom. The molecule has 0 saturated heterocycles. The van der Waals surface area contributed by atoms with Gasteiger partial charge in [0, 0.05) is 23.8 Å². The molecule has 19 heavy (non-hydrogen) atoms. The molecule has 2 heteroatoms. The minimum absolute atomic E-state index is 0.438. The predicted octanol–water partition coefficient (Wildman–Crippen LogP) is 4.06. The van der Waals surface area contributed by atoms with Gasteiger partial charge in [0.15, 0.2) is 0 Å². The number of nitrogens with one attached hydrogen (secondary N) is 1. The van der Waals surface area contributed by atoms with Gasteiger partial charge in [-0.2, -0.15) is 0 Å². The molecule has 2 aliphatic rings. The number of aryl methyl sites for hydroxylation is 2. The molecule has 2 nitrogen and oxygen atoms in total. The largest absolute Gasteiger partial charge is 0.382 e. The van der Waals surface area contributed by atoms with Gasteiger partial charge in [-0.15, -0.1) is 0 Å². The fraction of sp³-hybridized carbons (Fsp3) is 0.647. The summed E-state index contributed by atoms with van der Waals surface area (Å²) in [4.78, 5) is 0. The Hall–Kier alpha value is -1.02. The molecular weight excluding hydrogens is 234 g/mol. The van der Waals surface area contributed by atoms with Crippen molar-refractivity contribution in [1.29, 1.82) is 0 Å². The van der Waals surface area contributed by atoms with Crippen LogP contribution >= 0.6 is 0 Å². The van der Waals surface area contributed by atoms with Gasteiger partial charge in [-0.3, -0.25) is 0 Å². The number of benzene rings is 1. The Labute approximate surface area is 116 Å². The minimum Gasteiger partial charge on any atom is -0.382 e. The van der Waals surface area contributed by atoms with E-state index in [9.17, 15) is 0 Å². The van der Waals surface area contributed by atoms with Gasteiger partial charge in [0.25, 0.3) is 0 Å². The van der Waals surface area contributed by atoms with Gasteiger partial charge in [0.2, 0.25) is 0 Å². The van der Waals surface area contributed by atoms with Crippen LogP contribution in [0.25, 0.3) is 0 Å². The van der Waals surface area contributed by atoms with E-state index >= 15 is 0 Å². The average molecular weight is 259 g/mol. The molecular formula is C17H25NO. The number of anilines is 1. The van der Waals surface area contributed by atoms with Crippen molar-refractivity contribution in [3.8, 4) is 0 Å². The highest BCUT2D eigenvalue weighted by molar-refractivity contribution is 5.50. The van der Waals surface area contributed by atoms with Gasteiger partial charge >= 0.3 is 0 Å². The van der Waals surface area contributed by atoms with E-state index in [1.54, 1.807) is 0 Å². The maximum absolute atomic E-state index is 5.91. The molecule has 0 aromatic heterocycles. The third kappa shape index (κ3) is 2.16. The lowest BCUT2D eigenvalue weighted by atomic mass is 9.51. The summed E-state index contributed by atoms with van der Waals surface area (Å²) >= 11 is 0. The molecule has 0 aliphatic heterocycles. The molecule has 3 rings (SSSR count). The Kier molecular flexibility index (Phi) is 3.30. The van der Waals surface area contributed by atoms with E-state index < -0.39 is 0 Å². The van der Waals surface area contributed by atoms with Crippen molar-refractivity contribution < 1.29 is 4.74 Å². The van der Waals surface area contributed by atoms with E-state index in [4.69, 9.17) is 4.74 Å². The quantitative estimate of drug-likeness (QED) is 0.880. The van der Waals surface area contributed by atoms with E-state index in [-0.39, 0.29) is 0 Å². The van der Waals surface area contributed by atoms with Gasteiger partial charge in [-0.05, 0) is 63.3 Å². The van der Waals surface area contributed by atoms with Crippen LogP contribution in [0.1, 0.15) is 43.7 Å². The average Bonchev–Trinajstić information content (AvgIpc) is 2.23. The summed E-state index contributed by atoms with van der Waals surface area (Å²) in [6.45, 7) is 7.29. The second-order valence-electron chi connectivity index (χ2n) is 6.34. The molecule has 0 amide bonds. The van der Waals surface area contributed by atoms with Crippen LogP contribution in [0, 0.1) is 19.3 Å². The first kappa shape index (κ1) is 13.0. The molecule has 1 aromatic rings. The zero-order valence-electron chi connectivity index (χ0n) is 12.3. The maximum Gasteiger partial charge on any atom is 0.0670 e. The fourth-order valence-corrected chi connectivity index (χ4v) is 3.90. The molecule has 2 unspecified atom stereocenters. The molecule has 2 atom stereocenters. The van der Waals surface area contributed by atoms with Crippen LogP contribution in [0.15, 0.2) is 18.2 Å².